The van der Waals surface area contributed by atoms with Gasteiger partial charge in [0, 0.05) is 24.6 Å². The molecule has 2 aliphatic heterocycles. The molecular weight excluding hydrogens is 300 g/mol. The molecule has 5 nitrogen and oxygen atoms in total. The van der Waals surface area contributed by atoms with E-state index >= 15 is 0 Å². The molecule has 6 heteroatoms. The van der Waals surface area contributed by atoms with Crippen LogP contribution in [0, 0.1) is 0 Å². The first-order valence-corrected chi connectivity index (χ1v) is 8.87. The Bertz CT molecular complexity index is 532. The SMILES string of the molecule is C[C@@H](NC(=O)CN1CCSCC1)c1ccc2c(c1)OCCO2. The van der Waals surface area contributed by atoms with Crippen molar-refractivity contribution in [2.75, 3.05) is 44.4 Å². The second kappa shape index (κ2) is 7.24. The lowest BCUT2D eigenvalue weighted by Gasteiger charge is -2.26. The van der Waals surface area contributed by atoms with E-state index in [2.05, 4.69) is 10.2 Å². The highest BCUT2D eigenvalue weighted by molar-refractivity contribution is 7.99. The summed E-state index contributed by atoms with van der Waals surface area (Å²) in [4.78, 5) is 14.4. The largest absolute Gasteiger partial charge is 0.486 e. The van der Waals surface area contributed by atoms with Gasteiger partial charge >= 0.3 is 0 Å². The Labute approximate surface area is 135 Å². The molecule has 22 heavy (non-hydrogen) atoms. The fraction of sp³-hybridized carbons (Fsp3) is 0.562. The predicted molar refractivity (Wildman–Crippen MR) is 87.8 cm³/mol. The van der Waals surface area contributed by atoms with Crippen molar-refractivity contribution in [3.05, 3.63) is 23.8 Å². The number of hydrogen-bond donors (Lipinski definition) is 1. The first-order valence-electron chi connectivity index (χ1n) is 7.71. The first kappa shape index (κ1) is 15.5. The third kappa shape index (κ3) is 3.87. The lowest BCUT2D eigenvalue weighted by molar-refractivity contribution is -0.122. The molecule has 0 radical (unpaired) electrons. The van der Waals surface area contributed by atoms with Crippen LogP contribution >= 0.6 is 11.8 Å². The van der Waals surface area contributed by atoms with Crippen LogP contribution in [0.25, 0.3) is 0 Å². The number of nitrogens with zero attached hydrogens (tertiary/aromatic N) is 1. The van der Waals surface area contributed by atoms with Gasteiger partial charge in [-0.3, -0.25) is 9.69 Å². The lowest BCUT2D eigenvalue weighted by Crippen LogP contribution is -2.41. The quantitative estimate of drug-likeness (QED) is 0.914. The number of rotatable bonds is 4. The zero-order valence-corrected chi connectivity index (χ0v) is 13.7. The Morgan fingerprint density at radius 2 is 2.00 bits per heavy atom. The van der Waals surface area contributed by atoms with Gasteiger partial charge in [-0.1, -0.05) is 6.07 Å². The fourth-order valence-electron chi connectivity index (χ4n) is 2.66. The number of ether oxygens (including phenoxy) is 2. The van der Waals surface area contributed by atoms with E-state index < -0.39 is 0 Å². The predicted octanol–water partition coefficient (Wildman–Crippen LogP) is 1.68. The van der Waals surface area contributed by atoms with Crippen molar-refractivity contribution in [3.63, 3.8) is 0 Å². The molecule has 0 saturated carbocycles. The van der Waals surface area contributed by atoms with Gasteiger partial charge in [-0.2, -0.15) is 11.8 Å². The highest BCUT2D eigenvalue weighted by atomic mass is 32.2. The normalized spacial score (nSPS) is 19.5. The summed E-state index contributed by atoms with van der Waals surface area (Å²) >= 11 is 1.95. The molecule has 120 valence electrons. The molecule has 0 unspecified atom stereocenters. The summed E-state index contributed by atoms with van der Waals surface area (Å²) in [7, 11) is 0. The zero-order valence-electron chi connectivity index (χ0n) is 12.8. The van der Waals surface area contributed by atoms with E-state index in [0.29, 0.717) is 19.8 Å². The van der Waals surface area contributed by atoms with Crippen LogP contribution in [0.2, 0.25) is 0 Å². The Hall–Kier alpha value is -1.40. The number of amides is 1. The Morgan fingerprint density at radius 3 is 2.77 bits per heavy atom. The molecule has 1 N–H and O–H groups in total. The standard InChI is InChI=1S/C16H22N2O3S/c1-12(17-16(19)11-18-4-8-22-9-5-18)13-2-3-14-15(10-13)21-7-6-20-14/h2-3,10,12H,4-9,11H2,1H3,(H,17,19)/t12-/m1/s1. The summed E-state index contributed by atoms with van der Waals surface area (Å²) in [5, 5.41) is 3.07. The van der Waals surface area contributed by atoms with E-state index in [1.807, 2.05) is 36.9 Å². The van der Waals surface area contributed by atoms with E-state index in [9.17, 15) is 4.79 Å². The molecule has 3 rings (SSSR count). The van der Waals surface area contributed by atoms with Crippen LogP contribution in [-0.4, -0.2) is 55.2 Å². The average molecular weight is 322 g/mol. The second-order valence-electron chi connectivity index (χ2n) is 5.58. The van der Waals surface area contributed by atoms with Gasteiger partial charge in [-0.25, -0.2) is 0 Å². The van der Waals surface area contributed by atoms with Crippen molar-refractivity contribution < 1.29 is 14.3 Å². The minimum Gasteiger partial charge on any atom is -0.486 e. The van der Waals surface area contributed by atoms with Crippen molar-refractivity contribution >= 4 is 17.7 Å². The lowest BCUT2D eigenvalue weighted by atomic mass is 10.1. The minimum absolute atomic E-state index is 0.0394. The van der Waals surface area contributed by atoms with Crippen LogP contribution in [0.3, 0.4) is 0 Å². The van der Waals surface area contributed by atoms with Gasteiger partial charge in [-0.15, -0.1) is 0 Å². The molecule has 1 saturated heterocycles. The third-order valence-corrected chi connectivity index (χ3v) is 4.86. The highest BCUT2D eigenvalue weighted by Gasteiger charge is 2.18. The van der Waals surface area contributed by atoms with Crippen molar-refractivity contribution in [1.82, 2.24) is 10.2 Å². The maximum Gasteiger partial charge on any atom is 0.234 e. The van der Waals surface area contributed by atoms with Gasteiger partial charge in [0.1, 0.15) is 13.2 Å². The van der Waals surface area contributed by atoms with Crippen molar-refractivity contribution in [2.45, 2.75) is 13.0 Å². The first-order chi connectivity index (χ1) is 10.7. The summed E-state index contributed by atoms with van der Waals surface area (Å²) in [6, 6.07) is 5.81. The fourth-order valence-corrected chi connectivity index (χ4v) is 3.64. The summed E-state index contributed by atoms with van der Waals surface area (Å²) in [5.74, 6) is 3.85. The number of carbonyl (C=O) groups is 1. The molecule has 0 bridgehead atoms. The van der Waals surface area contributed by atoms with Crippen molar-refractivity contribution in [2.24, 2.45) is 0 Å². The van der Waals surface area contributed by atoms with E-state index in [1.165, 1.54) is 0 Å². The monoisotopic (exact) mass is 322 g/mol. The van der Waals surface area contributed by atoms with E-state index in [-0.39, 0.29) is 11.9 Å². The maximum absolute atomic E-state index is 12.2. The number of carbonyl (C=O) groups excluding carboxylic acids is 1. The van der Waals surface area contributed by atoms with Gasteiger partial charge in [-0.05, 0) is 24.6 Å². The molecule has 1 aromatic rings. The molecule has 1 amide bonds. The van der Waals surface area contributed by atoms with Gasteiger partial charge in [0.2, 0.25) is 5.91 Å². The van der Waals surface area contributed by atoms with Gasteiger partial charge in [0.05, 0.1) is 12.6 Å². The second-order valence-corrected chi connectivity index (χ2v) is 6.81. The number of benzene rings is 1. The van der Waals surface area contributed by atoms with E-state index in [1.54, 1.807) is 0 Å². The summed E-state index contributed by atoms with van der Waals surface area (Å²) < 4.78 is 11.1. The number of hydrogen-bond acceptors (Lipinski definition) is 5. The number of thioether (sulfide) groups is 1. The molecule has 0 aliphatic carbocycles. The van der Waals surface area contributed by atoms with Gasteiger partial charge < -0.3 is 14.8 Å². The van der Waals surface area contributed by atoms with Crippen molar-refractivity contribution in [1.29, 1.82) is 0 Å². The van der Waals surface area contributed by atoms with Crippen molar-refractivity contribution in [3.8, 4) is 11.5 Å². The highest BCUT2D eigenvalue weighted by Crippen LogP contribution is 2.32. The maximum atomic E-state index is 12.2. The molecule has 2 aliphatic rings. The molecule has 1 fully saturated rings. The topological polar surface area (TPSA) is 50.8 Å². The molecule has 0 spiro atoms. The third-order valence-electron chi connectivity index (χ3n) is 3.91. The van der Waals surface area contributed by atoms with Gasteiger partial charge in [0.25, 0.3) is 0 Å². The Balaban J connectivity index is 1.56. The summed E-state index contributed by atoms with van der Waals surface area (Å²) in [6.07, 6.45) is 0. The summed E-state index contributed by atoms with van der Waals surface area (Å²) in [5.41, 5.74) is 1.03. The van der Waals surface area contributed by atoms with Crippen LogP contribution < -0.4 is 14.8 Å². The van der Waals surface area contributed by atoms with Crippen LogP contribution in [-0.2, 0) is 4.79 Å². The Kier molecular flexibility index (Phi) is 5.10. The number of fused-ring (bicyclic) bond motifs is 1. The average Bonchev–Trinajstić information content (AvgIpc) is 2.55. The molecular formula is C16H22N2O3S. The van der Waals surface area contributed by atoms with Crippen LogP contribution in [0.1, 0.15) is 18.5 Å². The van der Waals surface area contributed by atoms with Crippen LogP contribution in [0.4, 0.5) is 0 Å². The summed E-state index contributed by atoms with van der Waals surface area (Å²) in [6.45, 7) is 5.63. The van der Waals surface area contributed by atoms with Crippen LogP contribution in [0.15, 0.2) is 18.2 Å². The van der Waals surface area contributed by atoms with Gasteiger partial charge in [0.15, 0.2) is 11.5 Å². The minimum atomic E-state index is -0.0394. The number of nitrogens with one attached hydrogen (secondary N) is 1. The zero-order chi connectivity index (χ0) is 15.4. The Morgan fingerprint density at radius 1 is 1.27 bits per heavy atom. The van der Waals surface area contributed by atoms with E-state index in [0.717, 1.165) is 41.7 Å². The molecule has 2 heterocycles. The molecule has 1 aromatic carbocycles. The molecule has 1 atom stereocenters. The van der Waals surface area contributed by atoms with Crippen LogP contribution in [0.5, 0.6) is 11.5 Å². The molecule has 0 aromatic heterocycles. The smallest absolute Gasteiger partial charge is 0.234 e. The van der Waals surface area contributed by atoms with E-state index in [4.69, 9.17) is 9.47 Å².